The lowest BCUT2D eigenvalue weighted by atomic mass is 9.94. The van der Waals surface area contributed by atoms with Gasteiger partial charge in [-0.3, -0.25) is 0 Å². The van der Waals surface area contributed by atoms with E-state index in [0.717, 1.165) is 11.1 Å². The van der Waals surface area contributed by atoms with Crippen LogP contribution in [0.3, 0.4) is 0 Å². The Morgan fingerprint density at radius 2 is 1.69 bits per heavy atom. The van der Waals surface area contributed by atoms with Crippen LogP contribution in [-0.2, 0) is 0 Å². The summed E-state index contributed by atoms with van der Waals surface area (Å²) in [5.74, 6) is 0.0887. The Labute approximate surface area is 78.8 Å². The molecule has 72 valence electrons. The molecule has 2 heteroatoms. The minimum absolute atomic E-state index is 0.0887. The van der Waals surface area contributed by atoms with Gasteiger partial charge in [-0.2, -0.15) is 0 Å². The molecule has 1 rings (SSSR count). The largest absolute Gasteiger partial charge is 0.396 e. The monoisotopic (exact) mass is 180 g/mol. The molecule has 0 saturated carbocycles. The van der Waals surface area contributed by atoms with Gasteiger partial charge in [0, 0.05) is 12.5 Å². The van der Waals surface area contributed by atoms with Gasteiger partial charge in [0.05, 0.1) is 6.10 Å². The summed E-state index contributed by atoms with van der Waals surface area (Å²) in [4.78, 5) is 0. The molecule has 0 aliphatic heterocycles. The Morgan fingerprint density at radius 3 is 2.15 bits per heavy atom. The van der Waals surface area contributed by atoms with Crippen LogP contribution < -0.4 is 0 Å². The zero-order valence-corrected chi connectivity index (χ0v) is 8.07. The van der Waals surface area contributed by atoms with Gasteiger partial charge in [0.1, 0.15) is 0 Å². The summed E-state index contributed by atoms with van der Waals surface area (Å²) in [5.41, 5.74) is 1.93. The van der Waals surface area contributed by atoms with Gasteiger partial charge >= 0.3 is 0 Å². The average molecular weight is 180 g/mol. The highest BCUT2D eigenvalue weighted by atomic mass is 16.3. The molecule has 0 bridgehead atoms. The van der Waals surface area contributed by atoms with Crippen LogP contribution in [0.25, 0.3) is 0 Å². The summed E-state index contributed by atoms with van der Waals surface area (Å²) >= 11 is 0. The number of aliphatic hydroxyl groups excluding tert-OH is 2. The van der Waals surface area contributed by atoms with E-state index in [1.807, 2.05) is 31.2 Å². The van der Waals surface area contributed by atoms with E-state index in [-0.39, 0.29) is 12.5 Å². The molecule has 1 aromatic carbocycles. The first-order valence-electron chi connectivity index (χ1n) is 4.54. The van der Waals surface area contributed by atoms with Gasteiger partial charge in [0.15, 0.2) is 0 Å². The van der Waals surface area contributed by atoms with Crippen molar-refractivity contribution in [2.24, 2.45) is 0 Å². The molecule has 0 fully saturated rings. The lowest BCUT2D eigenvalue weighted by molar-refractivity contribution is 0.196. The molecule has 0 amide bonds. The SMILES string of the molecule is CC(O)c1ccccc1C(C)CO. The summed E-state index contributed by atoms with van der Waals surface area (Å²) in [6, 6.07) is 7.66. The molecule has 0 radical (unpaired) electrons. The zero-order valence-electron chi connectivity index (χ0n) is 8.07. The van der Waals surface area contributed by atoms with Gasteiger partial charge in [-0.1, -0.05) is 31.2 Å². The fraction of sp³-hybridized carbons (Fsp3) is 0.455. The normalized spacial score (nSPS) is 15.4. The van der Waals surface area contributed by atoms with Gasteiger partial charge in [0.25, 0.3) is 0 Å². The van der Waals surface area contributed by atoms with E-state index in [4.69, 9.17) is 5.11 Å². The first-order valence-corrected chi connectivity index (χ1v) is 4.54. The Bertz CT molecular complexity index is 269. The van der Waals surface area contributed by atoms with Crippen LogP contribution in [0.1, 0.15) is 37.0 Å². The summed E-state index contributed by atoms with van der Waals surface area (Å²) < 4.78 is 0. The lowest BCUT2D eigenvalue weighted by Gasteiger charge is -2.15. The third-order valence-corrected chi connectivity index (χ3v) is 2.25. The second kappa shape index (κ2) is 4.40. The van der Waals surface area contributed by atoms with Gasteiger partial charge in [-0.25, -0.2) is 0 Å². The molecule has 2 nitrogen and oxygen atoms in total. The Morgan fingerprint density at radius 1 is 1.15 bits per heavy atom. The summed E-state index contributed by atoms with van der Waals surface area (Å²) in [7, 11) is 0. The second-order valence-corrected chi connectivity index (χ2v) is 3.39. The van der Waals surface area contributed by atoms with Crippen LogP contribution in [0.4, 0.5) is 0 Å². The van der Waals surface area contributed by atoms with Crippen LogP contribution in [0, 0.1) is 0 Å². The highest BCUT2D eigenvalue weighted by Crippen LogP contribution is 2.24. The van der Waals surface area contributed by atoms with Crippen molar-refractivity contribution in [3.05, 3.63) is 35.4 Å². The van der Waals surface area contributed by atoms with Crippen molar-refractivity contribution in [2.45, 2.75) is 25.9 Å². The maximum atomic E-state index is 9.47. The molecular weight excluding hydrogens is 164 g/mol. The third kappa shape index (κ3) is 2.29. The molecule has 0 heterocycles. The lowest BCUT2D eigenvalue weighted by Crippen LogP contribution is -2.05. The Hall–Kier alpha value is -0.860. The number of hydrogen-bond acceptors (Lipinski definition) is 2. The standard InChI is InChI=1S/C11H16O2/c1-8(7-12)10-5-3-4-6-11(10)9(2)13/h3-6,8-9,12-13H,7H2,1-2H3. The predicted molar refractivity (Wildman–Crippen MR) is 52.6 cm³/mol. The van der Waals surface area contributed by atoms with Crippen molar-refractivity contribution in [3.63, 3.8) is 0 Å². The Balaban J connectivity index is 3.04. The van der Waals surface area contributed by atoms with Crippen molar-refractivity contribution < 1.29 is 10.2 Å². The van der Waals surface area contributed by atoms with Crippen molar-refractivity contribution in [1.82, 2.24) is 0 Å². The maximum absolute atomic E-state index is 9.47. The van der Waals surface area contributed by atoms with E-state index in [0.29, 0.717) is 0 Å². The molecule has 2 unspecified atom stereocenters. The number of hydrogen-bond donors (Lipinski definition) is 2. The molecule has 2 N–H and O–H groups in total. The fourth-order valence-electron chi connectivity index (χ4n) is 1.44. The summed E-state index contributed by atoms with van der Waals surface area (Å²) in [5, 5.41) is 18.5. The molecule has 1 aromatic rings. The quantitative estimate of drug-likeness (QED) is 0.745. The number of aliphatic hydroxyl groups is 2. The fourth-order valence-corrected chi connectivity index (χ4v) is 1.44. The first kappa shape index (κ1) is 10.2. The van der Waals surface area contributed by atoms with Gasteiger partial charge in [-0.05, 0) is 18.1 Å². The van der Waals surface area contributed by atoms with Crippen LogP contribution in [0.15, 0.2) is 24.3 Å². The summed E-state index contributed by atoms with van der Waals surface area (Å²) in [6.45, 7) is 3.80. The van der Waals surface area contributed by atoms with Crippen LogP contribution >= 0.6 is 0 Å². The van der Waals surface area contributed by atoms with Crippen LogP contribution in [-0.4, -0.2) is 16.8 Å². The van der Waals surface area contributed by atoms with E-state index < -0.39 is 6.10 Å². The predicted octanol–water partition coefficient (Wildman–Crippen LogP) is 1.84. The smallest absolute Gasteiger partial charge is 0.0764 e. The molecular formula is C11H16O2. The molecule has 0 aliphatic carbocycles. The molecule has 0 aliphatic rings. The van der Waals surface area contributed by atoms with Gasteiger partial charge < -0.3 is 10.2 Å². The topological polar surface area (TPSA) is 40.5 Å². The van der Waals surface area contributed by atoms with Crippen LogP contribution in [0.5, 0.6) is 0 Å². The van der Waals surface area contributed by atoms with Crippen molar-refractivity contribution in [1.29, 1.82) is 0 Å². The molecule has 0 aromatic heterocycles. The van der Waals surface area contributed by atoms with E-state index >= 15 is 0 Å². The van der Waals surface area contributed by atoms with Crippen molar-refractivity contribution >= 4 is 0 Å². The van der Waals surface area contributed by atoms with Gasteiger partial charge in [-0.15, -0.1) is 0 Å². The Kier molecular flexibility index (Phi) is 3.46. The van der Waals surface area contributed by atoms with Crippen molar-refractivity contribution in [2.75, 3.05) is 6.61 Å². The minimum Gasteiger partial charge on any atom is -0.396 e. The second-order valence-electron chi connectivity index (χ2n) is 3.39. The van der Waals surface area contributed by atoms with E-state index in [9.17, 15) is 5.11 Å². The molecule has 0 spiro atoms. The minimum atomic E-state index is -0.467. The molecule has 2 atom stereocenters. The maximum Gasteiger partial charge on any atom is 0.0764 e. The molecule has 0 saturated heterocycles. The average Bonchev–Trinajstić information content (AvgIpc) is 2.16. The highest BCUT2D eigenvalue weighted by molar-refractivity contribution is 5.31. The number of rotatable bonds is 3. The van der Waals surface area contributed by atoms with E-state index in [1.54, 1.807) is 6.92 Å². The van der Waals surface area contributed by atoms with Gasteiger partial charge in [0.2, 0.25) is 0 Å². The zero-order chi connectivity index (χ0) is 9.84. The highest BCUT2D eigenvalue weighted by Gasteiger charge is 2.11. The third-order valence-electron chi connectivity index (χ3n) is 2.25. The van der Waals surface area contributed by atoms with Crippen molar-refractivity contribution in [3.8, 4) is 0 Å². The number of benzene rings is 1. The molecule has 13 heavy (non-hydrogen) atoms. The van der Waals surface area contributed by atoms with Crippen LogP contribution in [0.2, 0.25) is 0 Å². The van der Waals surface area contributed by atoms with E-state index in [2.05, 4.69) is 0 Å². The summed E-state index contributed by atoms with van der Waals surface area (Å²) in [6.07, 6.45) is -0.467. The van der Waals surface area contributed by atoms with E-state index in [1.165, 1.54) is 0 Å². The first-order chi connectivity index (χ1) is 6.16.